The van der Waals surface area contributed by atoms with E-state index in [0.717, 1.165) is 20.3 Å². The summed E-state index contributed by atoms with van der Waals surface area (Å²) < 4.78 is 4.80. The van der Waals surface area contributed by atoms with Crippen LogP contribution in [0.25, 0.3) is 21.0 Å². The van der Waals surface area contributed by atoms with Crippen LogP contribution in [0.2, 0.25) is 0 Å². The topological polar surface area (TPSA) is 80.9 Å². The van der Waals surface area contributed by atoms with Crippen LogP contribution in [0, 0.1) is 6.92 Å². The van der Waals surface area contributed by atoms with Crippen molar-refractivity contribution in [2.75, 3.05) is 5.32 Å². The van der Waals surface area contributed by atoms with Crippen LogP contribution in [0.4, 0.5) is 5.82 Å². The van der Waals surface area contributed by atoms with Gasteiger partial charge in [0, 0.05) is 0 Å². The van der Waals surface area contributed by atoms with Gasteiger partial charge in [-0.1, -0.05) is 36.4 Å². The Morgan fingerprint density at radius 1 is 1.12 bits per heavy atom. The summed E-state index contributed by atoms with van der Waals surface area (Å²) in [6.45, 7) is 1.88. The average Bonchev–Trinajstić information content (AvgIpc) is 3.35. The van der Waals surface area contributed by atoms with Crippen LogP contribution in [-0.2, 0) is 0 Å². The third-order valence-corrected chi connectivity index (χ3v) is 5.36. The minimum atomic E-state index is -0.336. The number of nitrogens with zero attached hydrogens (tertiary/aromatic N) is 3. The summed E-state index contributed by atoms with van der Waals surface area (Å²) in [7, 11) is 0. The smallest absolute Gasteiger partial charge is 0.277 e. The number of hydrogen-bond donors (Lipinski definition) is 1. The molecule has 0 aliphatic rings. The van der Waals surface area contributed by atoms with Gasteiger partial charge >= 0.3 is 0 Å². The summed E-state index contributed by atoms with van der Waals surface area (Å²) in [5.41, 5.74) is 1.83. The standard InChI is InChI=1S/C17H12N4O2S2/c1-10-18-14(15(25-10)11-6-3-2-4-7-11)17(22)19-16-13(20-23-21-16)12-8-5-9-24-12/h2-9H,1H3,(H,19,21,22). The van der Waals surface area contributed by atoms with Crippen molar-refractivity contribution in [2.24, 2.45) is 0 Å². The number of thiazole rings is 1. The summed E-state index contributed by atoms with van der Waals surface area (Å²) in [6.07, 6.45) is 0. The lowest BCUT2D eigenvalue weighted by molar-refractivity contribution is 0.102. The zero-order valence-electron chi connectivity index (χ0n) is 13.1. The maximum Gasteiger partial charge on any atom is 0.277 e. The normalized spacial score (nSPS) is 10.8. The molecule has 3 aromatic heterocycles. The van der Waals surface area contributed by atoms with Crippen LogP contribution in [-0.4, -0.2) is 21.2 Å². The molecule has 124 valence electrons. The summed E-state index contributed by atoms with van der Waals surface area (Å²) >= 11 is 2.98. The monoisotopic (exact) mass is 368 g/mol. The van der Waals surface area contributed by atoms with Crippen molar-refractivity contribution < 1.29 is 9.42 Å². The largest absolute Gasteiger partial charge is 0.300 e. The second kappa shape index (κ2) is 6.58. The molecule has 0 unspecified atom stereocenters. The number of amides is 1. The molecule has 0 aliphatic carbocycles. The van der Waals surface area contributed by atoms with Crippen LogP contribution >= 0.6 is 22.7 Å². The number of carbonyl (C=O) groups is 1. The number of aryl methyl sites for hydroxylation is 1. The van der Waals surface area contributed by atoms with Crippen molar-refractivity contribution in [3.8, 4) is 21.0 Å². The highest BCUT2D eigenvalue weighted by Crippen LogP contribution is 2.32. The fourth-order valence-corrected chi connectivity index (χ4v) is 4.01. The molecule has 25 heavy (non-hydrogen) atoms. The Hall–Kier alpha value is -2.84. The SMILES string of the molecule is Cc1nc(C(=O)Nc2nonc2-c2cccs2)c(-c2ccccc2)s1. The van der Waals surface area contributed by atoms with Crippen molar-refractivity contribution in [1.82, 2.24) is 15.3 Å². The number of aromatic nitrogens is 3. The second-order valence-electron chi connectivity index (χ2n) is 5.17. The number of anilines is 1. The van der Waals surface area contributed by atoms with E-state index in [4.69, 9.17) is 4.63 Å². The molecule has 0 spiro atoms. The third-order valence-electron chi connectivity index (χ3n) is 3.46. The van der Waals surface area contributed by atoms with E-state index < -0.39 is 0 Å². The van der Waals surface area contributed by atoms with E-state index in [1.54, 1.807) is 0 Å². The molecular weight excluding hydrogens is 356 g/mol. The first-order valence-corrected chi connectivity index (χ1v) is 9.12. The molecule has 0 saturated heterocycles. The van der Waals surface area contributed by atoms with Gasteiger partial charge in [0.2, 0.25) is 5.82 Å². The summed E-state index contributed by atoms with van der Waals surface area (Å²) in [6, 6.07) is 13.5. The molecule has 3 heterocycles. The van der Waals surface area contributed by atoms with Gasteiger partial charge in [-0.2, -0.15) is 0 Å². The van der Waals surface area contributed by atoms with E-state index in [9.17, 15) is 4.79 Å². The Bertz CT molecular complexity index is 1010. The Labute approximate surface area is 151 Å². The van der Waals surface area contributed by atoms with Crippen LogP contribution in [0.15, 0.2) is 52.5 Å². The molecule has 4 rings (SSSR count). The van der Waals surface area contributed by atoms with Gasteiger partial charge in [0.1, 0.15) is 5.69 Å². The van der Waals surface area contributed by atoms with Crippen LogP contribution in [0.5, 0.6) is 0 Å². The Morgan fingerprint density at radius 3 is 2.72 bits per heavy atom. The molecule has 0 fully saturated rings. The van der Waals surface area contributed by atoms with E-state index in [1.165, 1.54) is 22.7 Å². The molecule has 1 aromatic carbocycles. The minimum Gasteiger partial charge on any atom is -0.300 e. The molecule has 8 heteroatoms. The van der Waals surface area contributed by atoms with Gasteiger partial charge in [0.15, 0.2) is 5.69 Å². The van der Waals surface area contributed by atoms with E-state index in [0.29, 0.717) is 11.4 Å². The Kier molecular flexibility index (Phi) is 4.12. The molecule has 6 nitrogen and oxygen atoms in total. The molecular formula is C17H12N4O2S2. The van der Waals surface area contributed by atoms with Crippen molar-refractivity contribution in [1.29, 1.82) is 0 Å². The fourth-order valence-electron chi connectivity index (χ4n) is 2.38. The van der Waals surface area contributed by atoms with E-state index >= 15 is 0 Å². The molecule has 1 N–H and O–H groups in total. The first kappa shape index (κ1) is 15.7. The van der Waals surface area contributed by atoms with E-state index in [1.807, 2.05) is 54.8 Å². The van der Waals surface area contributed by atoms with Gasteiger partial charge in [-0.05, 0) is 34.2 Å². The number of hydrogen-bond acceptors (Lipinski definition) is 7. The molecule has 0 bridgehead atoms. The maximum absolute atomic E-state index is 12.8. The highest BCUT2D eigenvalue weighted by atomic mass is 32.1. The highest BCUT2D eigenvalue weighted by Gasteiger charge is 2.22. The molecule has 0 atom stereocenters. The number of rotatable bonds is 4. The van der Waals surface area contributed by atoms with E-state index in [-0.39, 0.29) is 11.7 Å². The first-order chi connectivity index (χ1) is 12.2. The van der Waals surface area contributed by atoms with Crippen molar-refractivity contribution >= 4 is 34.4 Å². The van der Waals surface area contributed by atoms with Gasteiger partial charge in [-0.3, -0.25) is 4.79 Å². The molecule has 0 radical (unpaired) electrons. The van der Waals surface area contributed by atoms with Gasteiger partial charge < -0.3 is 5.32 Å². The quantitative estimate of drug-likeness (QED) is 0.574. The van der Waals surface area contributed by atoms with Crippen molar-refractivity contribution in [3.63, 3.8) is 0 Å². The lowest BCUT2D eigenvalue weighted by Gasteiger charge is -2.03. The molecule has 1 amide bonds. The van der Waals surface area contributed by atoms with Gasteiger partial charge in [0.05, 0.1) is 14.8 Å². The van der Waals surface area contributed by atoms with Gasteiger partial charge in [0.25, 0.3) is 5.91 Å². The zero-order chi connectivity index (χ0) is 17.2. The minimum absolute atomic E-state index is 0.289. The third kappa shape index (κ3) is 3.09. The van der Waals surface area contributed by atoms with Crippen molar-refractivity contribution in [3.05, 3.63) is 58.5 Å². The summed E-state index contributed by atoms with van der Waals surface area (Å²) in [5.74, 6) is -0.0474. The van der Waals surface area contributed by atoms with Gasteiger partial charge in [-0.25, -0.2) is 9.61 Å². The van der Waals surface area contributed by atoms with Gasteiger partial charge in [-0.15, -0.1) is 22.7 Å². The number of nitrogens with one attached hydrogen (secondary N) is 1. The Balaban J connectivity index is 1.67. The average molecular weight is 368 g/mol. The fraction of sp³-hybridized carbons (Fsp3) is 0.0588. The maximum atomic E-state index is 12.8. The van der Waals surface area contributed by atoms with Crippen LogP contribution in [0.3, 0.4) is 0 Å². The summed E-state index contributed by atoms with van der Waals surface area (Å²) in [4.78, 5) is 18.9. The number of thiophene rings is 1. The highest BCUT2D eigenvalue weighted by molar-refractivity contribution is 7.15. The lowest BCUT2D eigenvalue weighted by atomic mass is 10.1. The zero-order valence-corrected chi connectivity index (χ0v) is 14.7. The van der Waals surface area contributed by atoms with Crippen LogP contribution in [0.1, 0.15) is 15.5 Å². The number of benzene rings is 1. The molecule has 0 saturated carbocycles. The molecule has 0 aliphatic heterocycles. The summed E-state index contributed by atoms with van der Waals surface area (Å²) in [5, 5.41) is 13.2. The first-order valence-electron chi connectivity index (χ1n) is 7.43. The second-order valence-corrected chi connectivity index (χ2v) is 7.32. The number of carbonyl (C=O) groups excluding carboxylic acids is 1. The predicted octanol–water partition coefficient (Wildman–Crippen LogP) is 4.48. The molecule has 4 aromatic rings. The predicted molar refractivity (Wildman–Crippen MR) is 97.9 cm³/mol. The Morgan fingerprint density at radius 2 is 1.96 bits per heavy atom. The van der Waals surface area contributed by atoms with E-state index in [2.05, 4.69) is 20.6 Å². The van der Waals surface area contributed by atoms with Crippen LogP contribution < -0.4 is 5.32 Å². The lowest BCUT2D eigenvalue weighted by Crippen LogP contribution is -2.14. The van der Waals surface area contributed by atoms with Crippen molar-refractivity contribution in [2.45, 2.75) is 6.92 Å².